The topological polar surface area (TPSA) is 25.8 Å². The fourth-order valence-corrected chi connectivity index (χ4v) is 1.59. The molecule has 3 heteroatoms. The van der Waals surface area contributed by atoms with E-state index in [1.165, 1.54) is 0 Å². The molecule has 0 spiro atoms. The lowest BCUT2D eigenvalue weighted by Crippen LogP contribution is -1.89. The number of aromatic nitrogens is 2. The van der Waals surface area contributed by atoms with E-state index in [4.69, 9.17) is 0 Å². The monoisotopic (exact) mass is 262 g/mol. The Labute approximate surface area is 97.5 Å². The van der Waals surface area contributed by atoms with Crippen molar-refractivity contribution in [1.82, 2.24) is 9.97 Å². The van der Waals surface area contributed by atoms with Gasteiger partial charge in [-0.2, -0.15) is 0 Å². The smallest absolute Gasteiger partial charge is 0.109 e. The second-order valence-corrected chi connectivity index (χ2v) is 4.28. The zero-order chi connectivity index (χ0) is 10.8. The molecule has 15 heavy (non-hydrogen) atoms. The molecule has 2 heterocycles. The summed E-state index contributed by atoms with van der Waals surface area (Å²) in [6.07, 6.45) is 1.85. The molecule has 2 aromatic heterocycles. The molecule has 0 aromatic carbocycles. The van der Waals surface area contributed by atoms with Crippen LogP contribution in [-0.4, -0.2) is 9.97 Å². The zero-order valence-corrected chi connectivity index (χ0v) is 10.2. The van der Waals surface area contributed by atoms with Crippen molar-refractivity contribution in [3.63, 3.8) is 0 Å². The molecule has 0 fully saturated rings. The molecule has 0 bridgehead atoms. The van der Waals surface area contributed by atoms with Crippen molar-refractivity contribution in [1.29, 1.82) is 0 Å². The van der Waals surface area contributed by atoms with Gasteiger partial charge < -0.3 is 0 Å². The molecule has 0 aliphatic heterocycles. The molecule has 0 N–H and O–H groups in total. The summed E-state index contributed by atoms with van der Waals surface area (Å²) in [5, 5.41) is 0. The number of hydrogen-bond acceptors (Lipinski definition) is 2. The van der Waals surface area contributed by atoms with Gasteiger partial charge in [-0.25, -0.2) is 4.98 Å². The van der Waals surface area contributed by atoms with Crippen molar-refractivity contribution < 1.29 is 0 Å². The molecule has 2 rings (SSSR count). The van der Waals surface area contributed by atoms with Gasteiger partial charge in [0.15, 0.2) is 0 Å². The average Bonchev–Trinajstić information content (AvgIpc) is 2.23. The molecule has 2 nitrogen and oxygen atoms in total. The third-order valence-corrected chi connectivity index (χ3v) is 3.01. The second kappa shape index (κ2) is 4.11. The Morgan fingerprint density at radius 3 is 2.33 bits per heavy atom. The standard InChI is InChI=1S/C12H11BrN2/c1-8-3-5-10(14-7-8)11-6-4-9(2)12(13)15-11/h3-7H,1-2H3. The lowest BCUT2D eigenvalue weighted by Gasteiger charge is -2.02. The predicted octanol–water partition coefficient (Wildman–Crippen LogP) is 3.52. The molecular formula is C12H11BrN2. The summed E-state index contributed by atoms with van der Waals surface area (Å²) in [7, 11) is 0. The normalized spacial score (nSPS) is 10.3. The first-order valence-corrected chi connectivity index (χ1v) is 5.52. The van der Waals surface area contributed by atoms with E-state index in [1.54, 1.807) is 0 Å². The van der Waals surface area contributed by atoms with Crippen LogP contribution in [0.1, 0.15) is 11.1 Å². The Morgan fingerprint density at radius 1 is 1.00 bits per heavy atom. The van der Waals surface area contributed by atoms with Crippen molar-refractivity contribution in [2.75, 3.05) is 0 Å². The zero-order valence-electron chi connectivity index (χ0n) is 8.66. The first-order chi connectivity index (χ1) is 7.16. The van der Waals surface area contributed by atoms with Crippen molar-refractivity contribution >= 4 is 15.9 Å². The van der Waals surface area contributed by atoms with Gasteiger partial charge >= 0.3 is 0 Å². The third-order valence-electron chi connectivity index (χ3n) is 2.21. The molecule has 2 aromatic rings. The van der Waals surface area contributed by atoms with Gasteiger partial charge in [0.2, 0.25) is 0 Å². The van der Waals surface area contributed by atoms with Crippen LogP contribution < -0.4 is 0 Å². The lowest BCUT2D eigenvalue weighted by atomic mass is 10.2. The maximum atomic E-state index is 4.43. The highest BCUT2D eigenvalue weighted by atomic mass is 79.9. The molecule has 0 unspecified atom stereocenters. The van der Waals surface area contributed by atoms with Crippen LogP contribution in [0.2, 0.25) is 0 Å². The van der Waals surface area contributed by atoms with E-state index in [2.05, 4.69) is 25.9 Å². The highest BCUT2D eigenvalue weighted by molar-refractivity contribution is 9.10. The van der Waals surface area contributed by atoms with Crippen LogP contribution in [0, 0.1) is 13.8 Å². The Hall–Kier alpha value is -1.22. The van der Waals surface area contributed by atoms with E-state index in [-0.39, 0.29) is 0 Å². The summed E-state index contributed by atoms with van der Waals surface area (Å²) in [6, 6.07) is 8.04. The van der Waals surface area contributed by atoms with Crippen LogP contribution in [0.3, 0.4) is 0 Å². The van der Waals surface area contributed by atoms with Crippen LogP contribution in [-0.2, 0) is 0 Å². The molecule has 76 valence electrons. The maximum Gasteiger partial charge on any atom is 0.109 e. The van der Waals surface area contributed by atoms with Gasteiger partial charge in [-0.15, -0.1) is 0 Å². The van der Waals surface area contributed by atoms with E-state index in [1.807, 2.05) is 44.3 Å². The number of hydrogen-bond donors (Lipinski definition) is 0. The van der Waals surface area contributed by atoms with E-state index in [0.717, 1.165) is 27.1 Å². The fraction of sp³-hybridized carbons (Fsp3) is 0.167. The minimum Gasteiger partial charge on any atom is -0.254 e. The first-order valence-electron chi connectivity index (χ1n) is 4.73. The summed E-state index contributed by atoms with van der Waals surface area (Å²) in [5.41, 5.74) is 4.09. The number of rotatable bonds is 1. The minimum absolute atomic E-state index is 0.877. The Morgan fingerprint density at radius 2 is 1.73 bits per heavy atom. The number of pyridine rings is 2. The maximum absolute atomic E-state index is 4.43. The van der Waals surface area contributed by atoms with E-state index in [9.17, 15) is 0 Å². The highest BCUT2D eigenvalue weighted by Gasteiger charge is 2.02. The van der Waals surface area contributed by atoms with Crippen molar-refractivity contribution in [3.8, 4) is 11.4 Å². The van der Waals surface area contributed by atoms with Crippen molar-refractivity contribution in [2.24, 2.45) is 0 Å². The van der Waals surface area contributed by atoms with Crippen LogP contribution in [0.5, 0.6) is 0 Å². The van der Waals surface area contributed by atoms with Crippen LogP contribution in [0.15, 0.2) is 35.1 Å². The molecule has 0 aliphatic rings. The molecule has 0 aliphatic carbocycles. The number of nitrogens with zero attached hydrogens (tertiary/aromatic N) is 2. The fourth-order valence-electron chi connectivity index (χ4n) is 1.27. The summed E-state index contributed by atoms with van der Waals surface area (Å²) >= 11 is 3.42. The molecule has 0 saturated carbocycles. The number of halogens is 1. The van der Waals surface area contributed by atoms with Gasteiger partial charge in [-0.1, -0.05) is 12.1 Å². The quantitative estimate of drug-likeness (QED) is 0.735. The predicted molar refractivity (Wildman–Crippen MR) is 64.6 cm³/mol. The average molecular weight is 263 g/mol. The van der Waals surface area contributed by atoms with Crippen LogP contribution >= 0.6 is 15.9 Å². The highest BCUT2D eigenvalue weighted by Crippen LogP contribution is 2.20. The molecule has 0 saturated heterocycles. The SMILES string of the molecule is Cc1ccc(-c2ccc(C)c(Br)n2)nc1. The lowest BCUT2D eigenvalue weighted by molar-refractivity contribution is 1.18. The van der Waals surface area contributed by atoms with E-state index < -0.39 is 0 Å². The molecule has 0 radical (unpaired) electrons. The van der Waals surface area contributed by atoms with E-state index >= 15 is 0 Å². The largest absolute Gasteiger partial charge is 0.254 e. The Bertz CT molecular complexity index is 477. The van der Waals surface area contributed by atoms with Crippen LogP contribution in [0.25, 0.3) is 11.4 Å². The van der Waals surface area contributed by atoms with Crippen LogP contribution in [0.4, 0.5) is 0 Å². The summed E-state index contributed by atoms with van der Waals surface area (Å²) in [6.45, 7) is 4.04. The van der Waals surface area contributed by atoms with Gasteiger partial charge in [0.1, 0.15) is 4.60 Å². The van der Waals surface area contributed by atoms with Gasteiger partial charge in [-0.3, -0.25) is 4.98 Å². The molecule has 0 atom stereocenters. The first kappa shape index (κ1) is 10.3. The molecular weight excluding hydrogens is 252 g/mol. The van der Waals surface area contributed by atoms with Gasteiger partial charge in [0, 0.05) is 6.20 Å². The van der Waals surface area contributed by atoms with E-state index in [0.29, 0.717) is 0 Å². The van der Waals surface area contributed by atoms with Gasteiger partial charge in [0.25, 0.3) is 0 Å². The summed E-state index contributed by atoms with van der Waals surface area (Å²) in [4.78, 5) is 8.76. The van der Waals surface area contributed by atoms with Gasteiger partial charge in [0.05, 0.1) is 11.4 Å². The second-order valence-electron chi connectivity index (χ2n) is 3.52. The Balaban J connectivity index is 2.45. The van der Waals surface area contributed by atoms with Crippen molar-refractivity contribution in [3.05, 3.63) is 46.2 Å². The van der Waals surface area contributed by atoms with Gasteiger partial charge in [-0.05, 0) is 53.0 Å². The summed E-state index contributed by atoms with van der Waals surface area (Å²) < 4.78 is 0.877. The number of aryl methyl sites for hydroxylation is 2. The summed E-state index contributed by atoms with van der Waals surface area (Å²) in [5.74, 6) is 0. The minimum atomic E-state index is 0.877. The van der Waals surface area contributed by atoms with Crippen molar-refractivity contribution in [2.45, 2.75) is 13.8 Å². The molecule has 0 amide bonds. The Kier molecular flexibility index (Phi) is 2.82. The third kappa shape index (κ3) is 2.23.